The van der Waals surface area contributed by atoms with E-state index in [0.717, 1.165) is 0 Å². The Morgan fingerprint density at radius 1 is 1.54 bits per heavy atom. The average molecular weight is 182 g/mol. The van der Waals surface area contributed by atoms with Crippen molar-refractivity contribution < 1.29 is 9.53 Å². The second kappa shape index (κ2) is 3.12. The molecule has 72 valence electrons. The van der Waals surface area contributed by atoms with E-state index in [4.69, 9.17) is 10.5 Å². The first-order valence-corrected chi connectivity index (χ1v) is 4.06. The van der Waals surface area contributed by atoms with Crippen molar-refractivity contribution >= 4 is 11.7 Å². The lowest BCUT2D eigenvalue weighted by molar-refractivity contribution is 0.00636. The second-order valence-electron chi connectivity index (χ2n) is 3.85. The van der Waals surface area contributed by atoms with Gasteiger partial charge in [0.1, 0.15) is 11.3 Å². The molecule has 0 atom stereocenters. The van der Waals surface area contributed by atoms with Crippen LogP contribution in [0.5, 0.6) is 0 Å². The molecule has 0 aliphatic heterocycles. The van der Waals surface area contributed by atoms with Crippen molar-refractivity contribution in [2.45, 2.75) is 26.4 Å². The molecule has 0 saturated heterocycles. The summed E-state index contributed by atoms with van der Waals surface area (Å²) >= 11 is 0. The minimum Gasteiger partial charge on any atom is -0.455 e. The number of anilines is 1. The van der Waals surface area contributed by atoms with E-state index in [1.165, 1.54) is 0 Å². The summed E-state index contributed by atoms with van der Waals surface area (Å²) in [5.74, 6) is -0.385. The van der Waals surface area contributed by atoms with E-state index in [9.17, 15) is 4.79 Å². The van der Waals surface area contributed by atoms with E-state index in [1.807, 2.05) is 20.8 Å². The predicted molar refractivity (Wildman–Crippen MR) is 50.4 cm³/mol. The molecule has 3 N–H and O–H groups in total. The zero-order valence-electron chi connectivity index (χ0n) is 8.05. The van der Waals surface area contributed by atoms with Gasteiger partial charge < -0.3 is 15.5 Å². The Bertz CT molecular complexity index is 310. The van der Waals surface area contributed by atoms with Crippen LogP contribution < -0.4 is 5.73 Å². The molecular formula is C9H14N2O2. The highest BCUT2D eigenvalue weighted by atomic mass is 16.6. The van der Waals surface area contributed by atoms with Gasteiger partial charge in [-0.2, -0.15) is 0 Å². The number of rotatable bonds is 1. The third-order valence-corrected chi connectivity index (χ3v) is 1.32. The zero-order chi connectivity index (χ0) is 10.1. The highest BCUT2D eigenvalue weighted by Gasteiger charge is 2.18. The molecule has 0 bridgehead atoms. The van der Waals surface area contributed by atoms with E-state index >= 15 is 0 Å². The minimum absolute atomic E-state index is 0.382. The second-order valence-corrected chi connectivity index (χ2v) is 3.85. The highest BCUT2D eigenvalue weighted by Crippen LogP contribution is 2.12. The number of aromatic nitrogens is 1. The van der Waals surface area contributed by atoms with Gasteiger partial charge in [-0.1, -0.05) is 0 Å². The summed E-state index contributed by atoms with van der Waals surface area (Å²) < 4.78 is 5.11. The number of ether oxygens (including phenoxy) is 1. The maximum absolute atomic E-state index is 11.4. The van der Waals surface area contributed by atoms with Gasteiger partial charge in [0.25, 0.3) is 0 Å². The smallest absolute Gasteiger partial charge is 0.355 e. The van der Waals surface area contributed by atoms with Crippen LogP contribution >= 0.6 is 0 Å². The van der Waals surface area contributed by atoms with E-state index in [1.54, 1.807) is 12.3 Å². The van der Waals surface area contributed by atoms with Crippen LogP contribution in [-0.2, 0) is 4.74 Å². The molecule has 0 spiro atoms. The zero-order valence-corrected chi connectivity index (χ0v) is 8.05. The van der Waals surface area contributed by atoms with Gasteiger partial charge in [0.05, 0.1) is 5.69 Å². The van der Waals surface area contributed by atoms with Crippen LogP contribution in [0.4, 0.5) is 5.69 Å². The number of nitrogen functional groups attached to an aromatic ring is 1. The normalized spacial score (nSPS) is 11.3. The number of hydrogen-bond acceptors (Lipinski definition) is 3. The summed E-state index contributed by atoms with van der Waals surface area (Å²) in [6, 6.07) is 1.55. The molecule has 0 aromatic carbocycles. The average Bonchev–Trinajstić information content (AvgIpc) is 2.31. The lowest BCUT2D eigenvalue weighted by atomic mass is 10.2. The SMILES string of the molecule is CC(C)(C)OC(=O)c1cc(N)c[nH]1. The lowest BCUT2D eigenvalue weighted by Crippen LogP contribution is -2.24. The lowest BCUT2D eigenvalue weighted by Gasteiger charge is -2.18. The molecule has 13 heavy (non-hydrogen) atoms. The number of hydrogen-bond donors (Lipinski definition) is 2. The van der Waals surface area contributed by atoms with Gasteiger partial charge in [-0.25, -0.2) is 4.79 Å². The summed E-state index contributed by atoms with van der Waals surface area (Å²) in [6.45, 7) is 5.45. The summed E-state index contributed by atoms with van der Waals surface area (Å²) in [4.78, 5) is 14.1. The third-order valence-electron chi connectivity index (χ3n) is 1.32. The molecule has 0 radical (unpaired) electrons. The topological polar surface area (TPSA) is 68.1 Å². The molecule has 0 aliphatic carbocycles. The summed E-state index contributed by atoms with van der Waals surface area (Å²) in [5, 5.41) is 0. The van der Waals surface area contributed by atoms with Gasteiger partial charge in [0, 0.05) is 6.20 Å². The Kier molecular flexibility index (Phi) is 2.32. The van der Waals surface area contributed by atoms with Crippen molar-refractivity contribution in [1.29, 1.82) is 0 Å². The fraction of sp³-hybridized carbons (Fsp3) is 0.444. The third kappa shape index (κ3) is 2.82. The van der Waals surface area contributed by atoms with Gasteiger partial charge in [-0.3, -0.25) is 0 Å². The Morgan fingerprint density at radius 2 is 2.15 bits per heavy atom. The Labute approximate surface area is 77.1 Å². The molecule has 0 amide bonds. The van der Waals surface area contributed by atoms with Crippen LogP contribution in [0.15, 0.2) is 12.3 Å². The minimum atomic E-state index is -0.475. The largest absolute Gasteiger partial charge is 0.455 e. The Balaban J connectivity index is 2.70. The van der Waals surface area contributed by atoms with Crippen LogP contribution in [-0.4, -0.2) is 16.6 Å². The fourth-order valence-electron chi connectivity index (χ4n) is 0.862. The van der Waals surface area contributed by atoms with Crippen LogP contribution in [0.3, 0.4) is 0 Å². The van der Waals surface area contributed by atoms with Crippen molar-refractivity contribution in [2.24, 2.45) is 0 Å². The van der Waals surface area contributed by atoms with Crippen molar-refractivity contribution in [3.63, 3.8) is 0 Å². The summed E-state index contributed by atoms with van der Waals surface area (Å²) in [7, 11) is 0. The molecule has 1 aromatic rings. The number of aromatic amines is 1. The standard InChI is InChI=1S/C9H14N2O2/c1-9(2,3)13-8(12)7-4-6(10)5-11-7/h4-5,11H,10H2,1-3H3. The monoisotopic (exact) mass is 182 g/mol. The van der Waals surface area contributed by atoms with E-state index in [-0.39, 0.29) is 5.97 Å². The Hall–Kier alpha value is -1.45. The molecule has 1 rings (SSSR count). The van der Waals surface area contributed by atoms with E-state index in [2.05, 4.69) is 4.98 Å². The molecule has 4 heteroatoms. The Morgan fingerprint density at radius 3 is 2.54 bits per heavy atom. The quantitative estimate of drug-likeness (QED) is 0.647. The number of nitrogens with two attached hydrogens (primary N) is 1. The highest BCUT2D eigenvalue weighted by molar-refractivity contribution is 5.88. The maximum Gasteiger partial charge on any atom is 0.355 e. The number of nitrogens with one attached hydrogen (secondary N) is 1. The van der Waals surface area contributed by atoms with Crippen molar-refractivity contribution in [3.05, 3.63) is 18.0 Å². The number of H-pyrrole nitrogens is 1. The molecule has 1 heterocycles. The van der Waals surface area contributed by atoms with Crippen molar-refractivity contribution in [2.75, 3.05) is 5.73 Å². The fourth-order valence-corrected chi connectivity index (χ4v) is 0.862. The number of carbonyl (C=O) groups excluding carboxylic acids is 1. The van der Waals surface area contributed by atoms with Gasteiger partial charge in [0.15, 0.2) is 0 Å². The van der Waals surface area contributed by atoms with Gasteiger partial charge >= 0.3 is 5.97 Å². The molecule has 1 aromatic heterocycles. The van der Waals surface area contributed by atoms with Crippen LogP contribution in [0.25, 0.3) is 0 Å². The first-order valence-electron chi connectivity index (χ1n) is 4.06. The molecule has 0 fully saturated rings. The molecule has 0 aliphatic rings. The van der Waals surface area contributed by atoms with Gasteiger partial charge in [-0.05, 0) is 26.8 Å². The maximum atomic E-state index is 11.4. The summed E-state index contributed by atoms with van der Waals surface area (Å²) in [6.07, 6.45) is 1.55. The molecule has 4 nitrogen and oxygen atoms in total. The number of esters is 1. The first-order chi connectivity index (χ1) is 5.88. The first kappa shape index (κ1) is 9.64. The van der Waals surface area contributed by atoms with Crippen molar-refractivity contribution in [1.82, 2.24) is 4.98 Å². The predicted octanol–water partition coefficient (Wildman–Crippen LogP) is 1.55. The van der Waals surface area contributed by atoms with Gasteiger partial charge in [-0.15, -0.1) is 0 Å². The molecule has 0 saturated carbocycles. The van der Waals surface area contributed by atoms with Gasteiger partial charge in [0.2, 0.25) is 0 Å². The van der Waals surface area contributed by atoms with Crippen LogP contribution in [0, 0.1) is 0 Å². The molecular weight excluding hydrogens is 168 g/mol. The van der Waals surface area contributed by atoms with Crippen LogP contribution in [0.2, 0.25) is 0 Å². The number of carbonyl (C=O) groups is 1. The summed E-state index contributed by atoms with van der Waals surface area (Å²) in [5.41, 5.74) is 5.88. The van der Waals surface area contributed by atoms with Crippen molar-refractivity contribution in [3.8, 4) is 0 Å². The molecule has 0 unspecified atom stereocenters. The van der Waals surface area contributed by atoms with Crippen LogP contribution in [0.1, 0.15) is 31.3 Å². The van der Waals surface area contributed by atoms with E-state index < -0.39 is 5.60 Å². The van der Waals surface area contributed by atoms with E-state index in [0.29, 0.717) is 11.4 Å².